The van der Waals surface area contributed by atoms with Crippen molar-refractivity contribution in [1.29, 1.82) is 5.26 Å². The van der Waals surface area contributed by atoms with Crippen LogP contribution in [0.1, 0.15) is 28.9 Å². The number of nitriles is 1. The minimum absolute atomic E-state index is 0.486. The van der Waals surface area contributed by atoms with E-state index in [1.807, 2.05) is 119 Å². The fourth-order valence-corrected chi connectivity index (χ4v) is 9.53. The third-order valence-electron chi connectivity index (χ3n) is 12.4. The number of hydrogen-bond donors (Lipinski definition) is 0. The lowest BCUT2D eigenvalue weighted by atomic mass is 10.0. The molecule has 0 fully saturated rings. The van der Waals surface area contributed by atoms with E-state index >= 15 is 0 Å². The van der Waals surface area contributed by atoms with E-state index in [-0.39, 0.29) is 0 Å². The van der Waals surface area contributed by atoms with Crippen LogP contribution in [-0.4, -0.2) is 49.0 Å². The number of para-hydroxylation sites is 2. The monoisotopic (exact) mass is 877 g/mol. The van der Waals surface area contributed by atoms with Crippen LogP contribution in [0.3, 0.4) is 0 Å². The standard InChI is InChI=1S/C57H39N11/c1-33-59-34(2)62-56(61-33)39-23-25-51-44(27-39)42-19-11-13-21-49(42)67(51)53-29-41(48-31-47(37-15-7-5-8-16-37)65-55(66-48)38-17-9-6-10-18-38)30-54(46(53)32-58)68-50-22-14-12-20-43(50)45-28-40(24-26-52(45)68)57-63-35(3)60-36(4)64-57/h5-31H,1-4H3. The Balaban J connectivity index is 1.18. The van der Waals surface area contributed by atoms with Gasteiger partial charge in [-0.2, -0.15) is 5.26 Å². The summed E-state index contributed by atoms with van der Waals surface area (Å²) in [6.45, 7) is 7.53. The van der Waals surface area contributed by atoms with Gasteiger partial charge in [0.1, 0.15) is 34.9 Å². The molecule has 68 heavy (non-hydrogen) atoms. The lowest BCUT2D eigenvalue weighted by Crippen LogP contribution is -2.06. The molecule has 11 nitrogen and oxygen atoms in total. The molecule has 0 radical (unpaired) electrons. The molecule has 12 rings (SSSR count). The third-order valence-corrected chi connectivity index (χ3v) is 12.4. The summed E-state index contributed by atoms with van der Waals surface area (Å²) in [6, 6.07) is 58.4. The molecule has 5 heterocycles. The van der Waals surface area contributed by atoms with E-state index in [9.17, 15) is 5.26 Å². The molecule has 0 saturated heterocycles. The zero-order chi connectivity index (χ0) is 46.0. The minimum atomic E-state index is 0.486. The van der Waals surface area contributed by atoms with Crippen LogP contribution in [0.25, 0.3) is 112 Å². The van der Waals surface area contributed by atoms with Gasteiger partial charge in [0.05, 0.1) is 44.8 Å². The second kappa shape index (κ2) is 16.0. The first-order chi connectivity index (χ1) is 33.3. The lowest BCUT2D eigenvalue weighted by Gasteiger charge is -2.19. The zero-order valence-corrected chi connectivity index (χ0v) is 37.5. The van der Waals surface area contributed by atoms with Crippen molar-refractivity contribution in [3.05, 3.63) is 193 Å². The van der Waals surface area contributed by atoms with Crippen LogP contribution in [0.5, 0.6) is 0 Å². The van der Waals surface area contributed by atoms with E-state index < -0.39 is 0 Å². The Labute approximate surface area is 390 Å². The molecule has 0 unspecified atom stereocenters. The van der Waals surface area contributed by atoms with Crippen LogP contribution in [-0.2, 0) is 0 Å². The molecule has 0 saturated carbocycles. The summed E-state index contributed by atoms with van der Waals surface area (Å²) in [6.07, 6.45) is 0. The quantitative estimate of drug-likeness (QED) is 0.153. The van der Waals surface area contributed by atoms with Gasteiger partial charge in [0, 0.05) is 49.4 Å². The molecule has 0 atom stereocenters. The molecule has 12 aromatic rings. The molecule has 5 aromatic heterocycles. The van der Waals surface area contributed by atoms with Gasteiger partial charge in [0.15, 0.2) is 17.5 Å². The minimum Gasteiger partial charge on any atom is -0.308 e. The summed E-state index contributed by atoms with van der Waals surface area (Å²) in [7, 11) is 0. The average Bonchev–Trinajstić information content (AvgIpc) is 3.88. The first-order valence-electron chi connectivity index (χ1n) is 22.3. The van der Waals surface area contributed by atoms with Gasteiger partial charge >= 0.3 is 0 Å². The Kier molecular flexibility index (Phi) is 9.48. The Bertz CT molecular complexity index is 3750. The summed E-state index contributed by atoms with van der Waals surface area (Å²) in [5.74, 6) is 4.44. The van der Waals surface area contributed by atoms with E-state index in [0.717, 1.165) is 77.1 Å². The number of nitrogens with zero attached hydrogens (tertiary/aromatic N) is 11. The molecule has 11 heteroatoms. The molecule has 0 bridgehead atoms. The Morgan fingerprint density at radius 3 is 1.21 bits per heavy atom. The Morgan fingerprint density at radius 2 is 0.735 bits per heavy atom. The predicted molar refractivity (Wildman–Crippen MR) is 268 cm³/mol. The number of rotatable bonds is 7. The van der Waals surface area contributed by atoms with Crippen LogP contribution < -0.4 is 0 Å². The van der Waals surface area contributed by atoms with Gasteiger partial charge in [-0.1, -0.05) is 97.1 Å². The van der Waals surface area contributed by atoms with Crippen molar-refractivity contribution in [3.63, 3.8) is 0 Å². The van der Waals surface area contributed by atoms with E-state index in [0.29, 0.717) is 63.4 Å². The van der Waals surface area contributed by atoms with Crippen molar-refractivity contribution in [1.82, 2.24) is 49.0 Å². The van der Waals surface area contributed by atoms with E-state index in [1.165, 1.54) is 0 Å². The van der Waals surface area contributed by atoms with E-state index in [4.69, 9.17) is 29.9 Å². The van der Waals surface area contributed by atoms with E-state index in [1.54, 1.807) is 0 Å². The molecule has 322 valence electrons. The first-order valence-corrected chi connectivity index (χ1v) is 22.3. The second-order valence-corrected chi connectivity index (χ2v) is 16.9. The maximum absolute atomic E-state index is 11.7. The van der Waals surface area contributed by atoms with E-state index in [2.05, 4.69) is 98.0 Å². The maximum atomic E-state index is 11.7. The van der Waals surface area contributed by atoms with Crippen molar-refractivity contribution in [3.8, 4) is 74.1 Å². The Hall–Kier alpha value is -9.27. The van der Waals surface area contributed by atoms with Gasteiger partial charge in [0.25, 0.3) is 0 Å². The molecule has 0 N–H and O–H groups in total. The highest BCUT2D eigenvalue weighted by Gasteiger charge is 2.24. The van der Waals surface area contributed by atoms with Crippen LogP contribution >= 0.6 is 0 Å². The van der Waals surface area contributed by atoms with Gasteiger partial charge in [-0.3, -0.25) is 0 Å². The smallest absolute Gasteiger partial charge is 0.163 e. The number of fused-ring (bicyclic) bond motifs is 6. The summed E-state index contributed by atoms with van der Waals surface area (Å²) in [5, 5.41) is 15.7. The van der Waals surface area contributed by atoms with Crippen LogP contribution in [0, 0.1) is 39.0 Å². The summed E-state index contributed by atoms with van der Waals surface area (Å²) < 4.78 is 4.41. The average molecular weight is 878 g/mol. The molecule has 0 aliphatic rings. The van der Waals surface area contributed by atoms with Gasteiger partial charge in [0.2, 0.25) is 0 Å². The lowest BCUT2D eigenvalue weighted by molar-refractivity contribution is 0.928. The van der Waals surface area contributed by atoms with Gasteiger partial charge in [-0.25, -0.2) is 39.9 Å². The van der Waals surface area contributed by atoms with Crippen molar-refractivity contribution < 1.29 is 0 Å². The van der Waals surface area contributed by atoms with Crippen molar-refractivity contribution in [2.45, 2.75) is 27.7 Å². The topological polar surface area (TPSA) is 137 Å². The van der Waals surface area contributed by atoms with Crippen LogP contribution in [0.15, 0.2) is 164 Å². The second-order valence-electron chi connectivity index (χ2n) is 16.9. The summed E-state index contributed by atoms with van der Waals surface area (Å²) in [4.78, 5) is 38.1. The largest absolute Gasteiger partial charge is 0.308 e. The highest BCUT2D eigenvalue weighted by molar-refractivity contribution is 6.12. The molecular formula is C57H39N11. The zero-order valence-electron chi connectivity index (χ0n) is 37.5. The van der Waals surface area contributed by atoms with Gasteiger partial charge < -0.3 is 9.13 Å². The number of benzene rings is 7. The SMILES string of the molecule is Cc1nc(C)nc(-c2ccc3c(c2)c2ccccc2n3-c2cc(-c3cc(-c4ccccc4)nc(-c4ccccc4)n3)cc(-n3c4ccccc4c4cc(-c5nc(C)nc(C)n5)ccc43)c2C#N)n1. The fraction of sp³-hybridized carbons (Fsp3) is 0.0702. The van der Waals surface area contributed by atoms with Gasteiger partial charge in [-0.05, 0) is 94.4 Å². The van der Waals surface area contributed by atoms with Crippen molar-refractivity contribution in [2.24, 2.45) is 0 Å². The highest BCUT2D eigenvalue weighted by Crippen LogP contribution is 2.42. The van der Waals surface area contributed by atoms with Crippen molar-refractivity contribution >= 4 is 43.6 Å². The number of hydrogen-bond acceptors (Lipinski definition) is 9. The number of aryl methyl sites for hydroxylation is 4. The van der Waals surface area contributed by atoms with Crippen LogP contribution in [0.4, 0.5) is 0 Å². The predicted octanol–water partition coefficient (Wildman–Crippen LogP) is 12.5. The van der Waals surface area contributed by atoms with Gasteiger partial charge in [-0.15, -0.1) is 0 Å². The maximum Gasteiger partial charge on any atom is 0.163 e. The normalized spacial score (nSPS) is 11.5. The molecular weight excluding hydrogens is 839 g/mol. The van der Waals surface area contributed by atoms with Crippen molar-refractivity contribution in [2.75, 3.05) is 0 Å². The summed E-state index contributed by atoms with van der Waals surface area (Å²) >= 11 is 0. The fourth-order valence-electron chi connectivity index (χ4n) is 9.53. The molecule has 0 amide bonds. The Morgan fingerprint density at radius 1 is 0.338 bits per heavy atom. The first kappa shape index (κ1) is 40.3. The molecule has 0 aliphatic heterocycles. The third kappa shape index (κ3) is 6.82. The molecule has 0 spiro atoms. The van der Waals surface area contributed by atoms with Crippen LogP contribution in [0.2, 0.25) is 0 Å². The summed E-state index contributed by atoms with van der Waals surface area (Å²) in [5.41, 5.74) is 11.5. The molecule has 0 aliphatic carbocycles. The molecule has 7 aromatic carbocycles. The number of aromatic nitrogens is 10. The highest BCUT2D eigenvalue weighted by atomic mass is 15.0.